The van der Waals surface area contributed by atoms with Crippen LogP contribution in [-0.2, 0) is 0 Å². The molecular weight excluding hydrogens is 444 g/mol. The van der Waals surface area contributed by atoms with Gasteiger partial charge in [-0.25, -0.2) is 0 Å². The molecule has 0 atom stereocenters. The third-order valence-electron chi connectivity index (χ3n) is 4.29. The lowest BCUT2D eigenvalue weighted by Crippen LogP contribution is -2.00. The number of unbranched alkanes of at least 4 members (excludes halogenated alkanes) is 4. The molecule has 2 aromatic carbocycles. The van der Waals surface area contributed by atoms with Crippen LogP contribution in [0, 0.1) is 6.92 Å². The molecule has 0 N–H and O–H groups in total. The number of aryl methyl sites for hydroxylation is 1. The van der Waals surface area contributed by atoms with E-state index in [1.807, 2.05) is 0 Å². The maximum Gasteiger partial charge on any atom is 0.122 e. The van der Waals surface area contributed by atoms with Crippen LogP contribution in [0.1, 0.15) is 44.1 Å². The average molecular weight is 472 g/mol. The normalized spacial score (nSPS) is 11.0. The van der Waals surface area contributed by atoms with Crippen molar-refractivity contribution in [3.8, 4) is 11.5 Å². The Kier molecular flexibility index (Phi) is 9.70. The first-order chi connectivity index (χ1) is 12.3. The number of ether oxygens (including phenoxy) is 2. The summed E-state index contributed by atoms with van der Waals surface area (Å²) >= 11 is 6.92. The first-order valence-electron chi connectivity index (χ1n) is 9.17. The SMILES string of the molecule is Cc1c(OCCCCCBr)ccc2cc(OCCCCCBr)ccc12. The molecule has 0 aromatic heterocycles. The quantitative estimate of drug-likeness (QED) is 0.244. The second-order valence-corrected chi connectivity index (χ2v) is 7.85. The molecule has 25 heavy (non-hydrogen) atoms. The van der Waals surface area contributed by atoms with Crippen molar-refractivity contribution in [2.45, 2.75) is 45.4 Å². The molecule has 0 radical (unpaired) electrons. The van der Waals surface area contributed by atoms with Crippen molar-refractivity contribution in [3.05, 3.63) is 35.9 Å². The predicted molar refractivity (Wildman–Crippen MR) is 115 cm³/mol. The van der Waals surface area contributed by atoms with Gasteiger partial charge in [0.25, 0.3) is 0 Å². The molecule has 0 saturated carbocycles. The van der Waals surface area contributed by atoms with Gasteiger partial charge in [0.2, 0.25) is 0 Å². The van der Waals surface area contributed by atoms with E-state index in [0.717, 1.165) is 48.2 Å². The van der Waals surface area contributed by atoms with E-state index in [2.05, 4.69) is 69.1 Å². The maximum atomic E-state index is 5.97. The zero-order chi connectivity index (χ0) is 17.9. The van der Waals surface area contributed by atoms with Gasteiger partial charge in [0.15, 0.2) is 0 Å². The van der Waals surface area contributed by atoms with E-state index in [1.54, 1.807) is 0 Å². The van der Waals surface area contributed by atoms with Crippen LogP contribution in [0.15, 0.2) is 30.3 Å². The summed E-state index contributed by atoms with van der Waals surface area (Å²) < 4.78 is 11.9. The van der Waals surface area contributed by atoms with Gasteiger partial charge in [-0.15, -0.1) is 0 Å². The van der Waals surface area contributed by atoms with Crippen molar-refractivity contribution < 1.29 is 9.47 Å². The molecule has 0 bridgehead atoms. The molecule has 138 valence electrons. The zero-order valence-electron chi connectivity index (χ0n) is 15.0. The Morgan fingerprint density at radius 1 is 0.760 bits per heavy atom. The molecule has 0 aliphatic heterocycles. The number of benzene rings is 2. The molecule has 0 saturated heterocycles. The summed E-state index contributed by atoms with van der Waals surface area (Å²) in [4.78, 5) is 0. The Hall–Kier alpha value is -0.740. The number of alkyl halides is 2. The van der Waals surface area contributed by atoms with Gasteiger partial charge >= 0.3 is 0 Å². The van der Waals surface area contributed by atoms with Gasteiger partial charge in [0.1, 0.15) is 11.5 Å². The second-order valence-electron chi connectivity index (χ2n) is 6.27. The molecule has 2 aromatic rings. The highest BCUT2D eigenvalue weighted by Crippen LogP contribution is 2.30. The van der Waals surface area contributed by atoms with E-state index in [0.29, 0.717) is 0 Å². The third kappa shape index (κ3) is 6.82. The minimum Gasteiger partial charge on any atom is -0.494 e. The van der Waals surface area contributed by atoms with Crippen molar-refractivity contribution in [3.63, 3.8) is 0 Å². The Bertz CT molecular complexity index is 643. The lowest BCUT2D eigenvalue weighted by molar-refractivity contribution is 0.304. The molecule has 0 aliphatic carbocycles. The zero-order valence-corrected chi connectivity index (χ0v) is 18.2. The van der Waals surface area contributed by atoms with Crippen molar-refractivity contribution in [1.82, 2.24) is 0 Å². The van der Waals surface area contributed by atoms with Gasteiger partial charge in [0, 0.05) is 10.7 Å². The predicted octanol–water partition coefficient (Wildman–Crippen LogP) is 7.04. The number of fused-ring (bicyclic) bond motifs is 1. The van der Waals surface area contributed by atoms with Crippen molar-refractivity contribution in [2.24, 2.45) is 0 Å². The second kappa shape index (κ2) is 11.8. The lowest BCUT2D eigenvalue weighted by Gasteiger charge is -2.13. The Balaban J connectivity index is 1.93. The van der Waals surface area contributed by atoms with Crippen LogP contribution in [0.2, 0.25) is 0 Å². The van der Waals surface area contributed by atoms with E-state index < -0.39 is 0 Å². The molecular formula is C21H28Br2O2. The average Bonchev–Trinajstić information content (AvgIpc) is 2.63. The molecule has 0 amide bonds. The van der Waals surface area contributed by atoms with Crippen LogP contribution in [0.4, 0.5) is 0 Å². The van der Waals surface area contributed by atoms with Gasteiger partial charge in [-0.1, -0.05) is 44.0 Å². The van der Waals surface area contributed by atoms with Gasteiger partial charge < -0.3 is 9.47 Å². The maximum absolute atomic E-state index is 5.97. The molecule has 0 spiro atoms. The van der Waals surface area contributed by atoms with Gasteiger partial charge in [-0.05, 0) is 80.0 Å². The molecule has 0 fully saturated rings. The monoisotopic (exact) mass is 470 g/mol. The Labute approximate surface area is 168 Å². The number of halogens is 2. The number of hydrogen-bond acceptors (Lipinski definition) is 2. The first kappa shape index (κ1) is 20.6. The van der Waals surface area contributed by atoms with Crippen molar-refractivity contribution in [1.29, 1.82) is 0 Å². The van der Waals surface area contributed by atoms with E-state index in [-0.39, 0.29) is 0 Å². The summed E-state index contributed by atoms with van der Waals surface area (Å²) in [5.41, 5.74) is 1.21. The fraction of sp³-hybridized carbons (Fsp3) is 0.524. The summed E-state index contributed by atoms with van der Waals surface area (Å²) in [6.07, 6.45) is 7.02. The van der Waals surface area contributed by atoms with Crippen LogP contribution in [0.5, 0.6) is 11.5 Å². The highest BCUT2D eigenvalue weighted by Gasteiger charge is 2.06. The van der Waals surface area contributed by atoms with Crippen LogP contribution >= 0.6 is 31.9 Å². The van der Waals surface area contributed by atoms with Crippen LogP contribution in [-0.4, -0.2) is 23.9 Å². The van der Waals surface area contributed by atoms with E-state index >= 15 is 0 Å². The topological polar surface area (TPSA) is 18.5 Å². The molecule has 0 heterocycles. The summed E-state index contributed by atoms with van der Waals surface area (Å²) in [6, 6.07) is 10.6. The van der Waals surface area contributed by atoms with Crippen molar-refractivity contribution in [2.75, 3.05) is 23.9 Å². The summed E-state index contributed by atoms with van der Waals surface area (Å²) in [5.74, 6) is 1.95. The molecule has 0 aliphatic rings. The summed E-state index contributed by atoms with van der Waals surface area (Å²) in [7, 11) is 0. The highest BCUT2D eigenvalue weighted by molar-refractivity contribution is 9.09. The summed E-state index contributed by atoms with van der Waals surface area (Å²) in [6.45, 7) is 3.71. The molecule has 2 nitrogen and oxygen atoms in total. The minimum absolute atomic E-state index is 0.785. The fourth-order valence-corrected chi connectivity index (χ4v) is 3.60. The van der Waals surface area contributed by atoms with E-state index in [9.17, 15) is 0 Å². The Morgan fingerprint density at radius 2 is 1.44 bits per heavy atom. The third-order valence-corrected chi connectivity index (χ3v) is 5.41. The number of hydrogen-bond donors (Lipinski definition) is 0. The first-order valence-corrected chi connectivity index (χ1v) is 11.4. The van der Waals surface area contributed by atoms with Gasteiger partial charge in [0.05, 0.1) is 13.2 Å². The van der Waals surface area contributed by atoms with Crippen LogP contribution in [0.3, 0.4) is 0 Å². The fourth-order valence-electron chi connectivity index (χ4n) is 2.81. The highest BCUT2D eigenvalue weighted by atomic mass is 79.9. The molecule has 0 unspecified atom stereocenters. The van der Waals surface area contributed by atoms with Gasteiger partial charge in [-0.3, -0.25) is 0 Å². The molecule has 4 heteroatoms. The van der Waals surface area contributed by atoms with Crippen LogP contribution < -0.4 is 9.47 Å². The smallest absolute Gasteiger partial charge is 0.122 e. The number of rotatable bonds is 12. The largest absolute Gasteiger partial charge is 0.494 e. The lowest BCUT2D eigenvalue weighted by atomic mass is 10.0. The van der Waals surface area contributed by atoms with E-state index in [4.69, 9.17) is 9.47 Å². The van der Waals surface area contributed by atoms with E-state index in [1.165, 1.54) is 42.0 Å². The van der Waals surface area contributed by atoms with Gasteiger partial charge in [-0.2, -0.15) is 0 Å². The van der Waals surface area contributed by atoms with Crippen LogP contribution in [0.25, 0.3) is 10.8 Å². The molecule has 2 rings (SSSR count). The standard InChI is InChI=1S/C21H28Br2O2/c1-17-20-10-9-19(24-14-6-2-4-12-22)16-18(20)8-11-21(17)25-15-7-3-5-13-23/h8-11,16H,2-7,12-15H2,1H3. The Morgan fingerprint density at radius 3 is 2.12 bits per heavy atom. The minimum atomic E-state index is 0.785. The van der Waals surface area contributed by atoms with Crippen molar-refractivity contribution >= 4 is 42.6 Å². The summed E-state index contributed by atoms with van der Waals surface area (Å²) in [5, 5.41) is 4.60.